The molecule has 0 fully saturated rings. The number of esters is 1. The van der Waals surface area contributed by atoms with E-state index in [0.717, 1.165) is 5.69 Å². The zero-order valence-electron chi connectivity index (χ0n) is 13.5. The maximum atomic E-state index is 12.3. The quantitative estimate of drug-likeness (QED) is 0.829. The summed E-state index contributed by atoms with van der Waals surface area (Å²) in [6, 6.07) is 8.20. The van der Waals surface area contributed by atoms with Crippen molar-refractivity contribution in [2.45, 2.75) is 26.3 Å². The molecular weight excluding hydrogens is 294 g/mol. The van der Waals surface area contributed by atoms with Gasteiger partial charge in [-0.3, -0.25) is 4.79 Å². The first-order valence-electron chi connectivity index (χ1n) is 7.50. The number of ether oxygens (including phenoxy) is 1. The Morgan fingerprint density at radius 1 is 1.26 bits per heavy atom. The lowest BCUT2D eigenvalue weighted by atomic mass is 10.0. The van der Waals surface area contributed by atoms with Crippen LogP contribution in [-0.2, 0) is 9.53 Å². The highest BCUT2D eigenvalue weighted by molar-refractivity contribution is 5.96. The lowest BCUT2D eigenvalue weighted by Crippen LogP contribution is -2.42. The number of hydrogen-bond donors (Lipinski definition) is 1. The molecule has 0 bridgehead atoms. The first kappa shape index (κ1) is 16.7. The minimum absolute atomic E-state index is 0.265. The van der Waals surface area contributed by atoms with Gasteiger partial charge in [0.15, 0.2) is 0 Å². The van der Waals surface area contributed by atoms with Crippen molar-refractivity contribution in [3.05, 3.63) is 48.3 Å². The summed E-state index contributed by atoms with van der Waals surface area (Å²) in [4.78, 5) is 24.1. The van der Waals surface area contributed by atoms with E-state index >= 15 is 0 Å². The van der Waals surface area contributed by atoms with Gasteiger partial charge >= 0.3 is 5.97 Å². The van der Waals surface area contributed by atoms with Gasteiger partial charge in [-0.2, -0.15) is 5.10 Å². The predicted molar refractivity (Wildman–Crippen MR) is 86.3 cm³/mol. The second-order valence-electron chi connectivity index (χ2n) is 5.68. The minimum Gasteiger partial charge on any atom is -0.467 e. The summed E-state index contributed by atoms with van der Waals surface area (Å²) < 4.78 is 6.46. The van der Waals surface area contributed by atoms with Gasteiger partial charge in [-0.25, -0.2) is 9.48 Å². The number of nitrogens with zero attached hydrogens (tertiary/aromatic N) is 2. The molecular formula is C17H21N3O3. The van der Waals surface area contributed by atoms with Crippen molar-refractivity contribution in [1.82, 2.24) is 15.1 Å². The van der Waals surface area contributed by atoms with Crippen LogP contribution in [0.15, 0.2) is 42.7 Å². The Morgan fingerprint density at radius 2 is 1.96 bits per heavy atom. The Hall–Kier alpha value is -2.63. The molecule has 23 heavy (non-hydrogen) atoms. The van der Waals surface area contributed by atoms with Gasteiger partial charge in [-0.05, 0) is 42.7 Å². The second-order valence-corrected chi connectivity index (χ2v) is 5.68. The van der Waals surface area contributed by atoms with Gasteiger partial charge in [-0.15, -0.1) is 0 Å². The fraction of sp³-hybridized carbons (Fsp3) is 0.353. The van der Waals surface area contributed by atoms with Crippen LogP contribution >= 0.6 is 0 Å². The van der Waals surface area contributed by atoms with Crippen LogP contribution in [0.25, 0.3) is 5.69 Å². The molecule has 6 nitrogen and oxygen atoms in total. The van der Waals surface area contributed by atoms with Gasteiger partial charge < -0.3 is 10.1 Å². The molecule has 1 aromatic carbocycles. The number of nitrogens with one attached hydrogen (secondary N) is 1. The van der Waals surface area contributed by atoms with Crippen LogP contribution in [0.2, 0.25) is 0 Å². The van der Waals surface area contributed by atoms with Crippen LogP contribution in [0, 0.1) is 5.92 Å². The molecule has 1 N–H and O–H groups in total. The average Bonchev–Trinajstić information content (AvgIpc) is 3.07. The van der Waals surface area contributed by atoms with Crippen molar-refractivity contribution >= 4 is 11.9 Å². The molecule has 1 atom stereocenters. The maximum Gasteiger partial charge on any atom is 0.328 e. The third-order valence-electron chi connectivity index (χ3n) is 3.40. The highest BCUT2D eigenvalue weighted by Crippen LogP contribution is 2.11. The van der Waals surface area contributed by atoms with Gasteiger partial charge in [0.25, 0.3) is 5.91 Å². The summed E-state index contributed by atoms with van der Waals surface area (Å²) in [5, 5.41) is 6.86. The van der Waals surface area contributed by atoms with Gasteiger partial charge in [-0.1, -0.05) is 13.8 Å². The lowest BCUT2D eigenvalue weighted by molar-refractivity contribution is -0.143. The highest BCUT2D eigenvalue weighted by atomic mass is 16.5. The van der Waals surface area contributed by atoms with E-state index in [-0.39, 0.29) is 11.8 Å². The second kappa shape index (κ2) is 7.58. The van der Waals surface area contributed by atoms with Crippen LogP contribution in [0.5, 0.6) is 0 Å². The summed E-state index contributed by atoms with van der Waals surface area (Å²) in [5.74, 6) is -0.463. The van der Waals surface area contributed by atoms with Crippen LogP contribution in [0.3, 0.4) is 0 Å². The van der Waals surface area contributed by atoms with E-state index in [1.807, 2.05) is 26.1 Å². The fourth-order valence-corrected chi connectivity index (χ4v) is 2.26. The number of rotatable bonds is 6. The number of carbonyl (C=O) groups is 2. The molecule has 0 saturated carbocycles. The monoisotopic (exact) mass is 315 g/mol. The van der Waals surface area contributed by atoms with Crippen molar-refractivity contribution in [3.63, 3.8) is 0 Å². The molecule has 2 rings (SSSR count). The molecule has 1 unspecified atom stereocenters. The van der Waals surface area contributed by atoms with Crippen molar-refractivity contribution < 1.29 is 14.3 Å². The molecule has 0 aliphatic carbocycles. The molecule has 122 valence electrons. The number of hydrogen-bond acceptors (Lipinski definition) is 4. The average molecular weight is 315 g/mol. The number of methoxy groups -OCH3 is 1. The van der Waals surface area contributed by atoms with Gasteiger partial charge in [0.1, 0.15) is 6.04 Å². The Balaban J connectivity index is 2.08. The number of amides is 1. The molecule has 1 heterocycles. The Bertz CT molecular complexity index is 648. The van der Waals surface area contributed by atoms with Crippen molar-refractivity contribution in [2.24, 2.45) is 5.92 Å². The lowest BCUT2D eigenvalue weighted by Gasteiger charge is -2.18. The minimum atomic E-state index is -0.640. The van der Waals surface area contributed by atoms with Crippen molar-refractivity contribution in [3.8, 4) is 5.69 Å². The third kappa shape index (κ3) is 4.42. The maximum absolute atomic E-state index is 12.3. The molecule has 1 aromatic heterocycles. The molecule has 0 aliphatic rings. The van der Waals surface area contributed by atoms with Crippen LogP contribution < -0.4 is 5.32 Å². The van der Waals surface area contributed by atoms with Crippen LogP contribution in [0.1, 0.15) is 30.6 Å². The summed E-state index contributed by atoms with van der Waals surface area (Å²) in [7, 11) is 1.32. The SMILES string of the molecule is COC(=O)C(CC(C)C)NC(=O)c1ccc(-n2cccn2)cc1. The zero-order valence-corrected chi connectivity index (χ0v) is 13.5. The van der Waals surface area contributed by atoms with Gasteiger partial charge in [0.05, 0.1) is 12.8 Å². The molecule has 0 saturated heterocycles. The van der Waals surface area contributed by atoms with E-state index in [0.29, 0.717) is 12.0 Å². The standard InChI is InChI=1S/C17H21N3O3/c1-12(2)11-15(17(22)23-3)19-16(21)13-5-7-14(8-6-13)20-10-4-9-18-20/h4-10,12,15H,11H2,1-3H3,(H,19,21). The molecule has 0 radical (unpaired) electrons. The fourth-order valence-electron chi connectivity index (χ4n) is 2.26. The summed E-state index contributed by atoms with van der Waals surface area (Å²) >= 11 is 0. The van der Waals surface area contributed by atoms with Gasteiger partial charge in [0.2, 0.25) is 0 Å². The molecule has 0 spiro atoms. The van der Waals surface area contributed by atoms with Crippen LogP contribution in [-0.4, -0.2) is 34.8 Å². The van der Waals surface area contributed by atoms with Crippen molar-refractivity contribution in [1.29, 1.82) is 0 Å². The topological polar surface area (TPSA) is 73.2 Å². The molecule has 0 aliphatic heterocycles. The molecule has 1 amide bonds. The van der Waals surface area contributed by atoms with E-state index < -0.39 is 12.0 Å². The Kier molecular flexibility index (Phi) is 5.51. The van der Waals surface area contributed by atoms with E-state index in [1.165, 1.54) is 7.11 Å². The zero-order chi connectivity index (χ0) is 16.8. The Morgan fingerprint density at radius 3 is 2.48 bits per heavy atom. The molecule has 6 heteroatoms. The first-order valence-corrected chi connectivity index (χ1v) is 7.50. The van der Waals surface area contributed by atoms with E-state index in [4.69, 9.17) is 4.74 Å². The Labute approximate surface area is 135 Å². The summed E-state index contributed by atoms with van der Waals surface area (Å²) in [5.41, 5.74) is 1.34. The van der Waals surface area contributed by atoms with E-state index in [1.54, 1.807) is 35.1 Å². The van der Waals surface area contributed by atoms with Crippen molar-refractivity contribution in [2.75, 3.05) is 7.11 Å². The smallest absolute Gasteiger partial charge is 0.328 e. The first-order chi connectivity index (χ1) is 11.0. The summed E-state index contributed by atoms with van der Waals surface area (Å²) in [6.45, 7) is 3.97. The van der Waals surface area contributed by atoms with E-state index in [9.17, 15) is 9.59 Å². The number of carbonyl (C=O) groups excluding carboxylic acids is 2. The van der Waals surface area contributed by atoms with Crippen LogP contribution in [0.4, 0.5) is 0 Å². The number of aromatic nitrogens is 2. The van der Waals surface area contributed by atoms with Gasteiger partial charge in [0, 0.05) is 18.0 Å². The molecule has 2 aromatic rings. The largest absolute Gasteiger partial charge is 0.467 e. The predicted octanol–water partition coefficient (Wildman–Crippen LogP) is 2.19. The van der Waals surface area contributed by atoms with E-state index in [2.05, 4.69) is 10.4 Å². The summed E-state index contributed by atoms with van der Waals surface area (Å²) in [6.07, 6.45) is 4.04. The highest BCUT2D eigenvalue weighted by Gasteiger charge is 2.23. The normalized spacial score (nSPS) is 12.0. The third-order valence-corrected chi connectivity index (χ3v) is 3.40. The number of benzene rings is 1.